The quantitative estimate of drug-likeness (QED) is 0.723. The van der Waals surface area contributed by atoms with E-state index in [0.29, 0.717) is 22.2 Å². The first kappa shape index (κ1) is 21.0. The Hall–Kier alpha value is -2.29. The van der Waals surface area contributed by atoms with Gasteiger partial charge in [0.15, 0.2) is 29.7 Å². The Morgan fingerprint density at radius 1 is 1.20 bits per heavy atom. The van der Waals surface area contributed by atoms with Crippen molar-refractivity contribution in [1.29, 1.82) is 0 Å². The predicted octanol–water partition coefficient (Wildman–Crippen LogP) is 4.01. The maximum absolute atomic E-state index is 14.2. The third kappa shape index (κ3) is 4.12. The third-order valence-corrected chi connectivity index (χ3v) is 5.70. The molecule has 4 rings (SSSR count). The highest BCUT2D eigenvalue weighted by Gasteiger charge is 2.35. The molecule has 160 valence electrons. The fourth-order valence-corrected chi connectivity index (χ4v) is 3.95. The highest BCUT2D eigenvalue weighted by atomic mass is 35.5. The summed E-state index contributed by atoms with van der Waals surface area (Å²) in [7, 11) is 0. The number of hydrogen-bond acceptors (Lipinski definition) is 5. The Morgan fingerprint density at radius 2 is 1.87 bits per heavy atom. The van der Waals surface area contributed by atoms with Crippen LogP contribution in [0, 0.1) is 11.6 Å². The summed E-state index contributed by atoms with van der Waals surface area (Å²) in [5, 5.41) is 13.8. The molecule has 1 saturated heterocycles. The molecular weight excluding hydrogens is 441 g/mol. The Labute approximate surface area is 181 Å². The van der Waals surface area contributed by atoms with Crippen LogP contribution in [-0.2, 0) is 4.79 Å². The van der Waals surface area contributed by atoms with E-state index in [1.807, 2.05) is 0 Å². The monoisotopic (exact) mass is 458 g/mol. The van der Waals surface area contributed by atoms with Crippen LogP contribution in [0.2, 0.25) is 10.0 Å². The van der Waals surface area contributed by atoms with Crippen molar-refractivity contribution in [2.45, 2.75) is 18.4 Å². The maximum atomic E-state index is 14.2. The number of hydrogen-bond donors (Lipinski definition) is 2. The molecule has 2 aliphatic rings. The number of halogens is 4. The molecule has 0 aromatic heterocycles. The van der Waals surface area contributed by atoms with E-state index in [0.717, 1.165) is 12.1 Å². The topological polar surface area (TPSA) is 71.0 Å². The van der Waals surface area contributed by atoms with E-state index in [1.54, 1.807) is 12.1 Å². The average molecular weight is 459 g/mol. The van der Waals surface area contributed by atoms with Crippen LogP contribution in [0.25, 0.3) is 0 Å². The lowest BCUT2D eigenvalue weighted by atomic mass is 9.92. The van der Waals surface area contributed by atoms with E-state index in [-0.39, 0.29) is 55.8 Å². The van der Waals surface area contributed by atoms with Gasteiger partial charge in [0.25, 0.3) is 5.91 Å². The van der Waals surface area contributed by atoms with Gasteiger partial charge in [-0.2, -0.15) is 0 Å². The van der Waals surface area contributed by atoms with Gasteiger partial charge in [-0.05, 0) is 37.1 Å². The van der Waals surface area contributed by atoms with E-state index >= 15 is 0 Å². The smallest absolute Gasteiger partial charge is 0.262 e. The molecule has 0 spiro atoms. The van der Waals surface area contributed by atoms with E-state index in [9.17, 15) is 18.7 Å². The number of aliphatic hydroxyl groups is 1. The minimum Gasteiger partial charge on any atom is -0.487 e. The fraction of sp³-hybridized carbons (Fsp3) is 0.350. The van der Waals surface area contributed by atoms with Crippen LogP contribution < -0.4 is 19.7 Å². The molecule has 0 aliphatic carbocycles. The largest absolute Gasteiger partial charge is 0.487 e. The Kier molecular flexibility index (Phi) is 5.65. The van der Waals surface area contributed by atoms with Crippen molar-refractivity contribution in [1.82, 2.24) is 0 Å². The second-order valence-electron chi connectivity index (χ2n) is 7.30. The number of nitrogens with one attached hydrogen (secondary N) is 1. The Bertz CT molecular complexity index is 974. The summed E-state index contributed by atoms with van der Waals surface area (Å²) in [6.45, 7) is 0.250. The zero-order valence-electron chi connectivity index (χ0n) is 15.7. The second-order valence-corrected chi connectivity index (χ2v) is 8.15. The van der Waals surface area contributed by atoms with Gasteiger partial charge >= 0.3 is 0 Å². The van der Waals surface area contributed by atoms with Crippen LogP contribution in [0.3, 0.4) is 0 Å². The molecular formula is C20H18Cl2F2N2O4. The summed E-state index contributed by atoms with van der Waals surface area (Å²) in [5.41, 5.74) is -1.03. The molecule has 2 N–H and O–H groups in total. The third-order valence-electron chi connectivity index (χ3n) is 5.17. The number of amides is 1. The molecule has 30 heavy (non-hydrogen) atoms. The standard InChI is InChI=1S/C20H18Cl2F2N2O4/c21-11-7-13(23)18(14(24)8-11)26-5-3-20(28,4-6-26)10-30-15-2-1-12(22)17-19(15)29-9-16(27)25-17/h1-2,7-8,28H,3-6,9-10H2,(H,25,27). The first-order valence-electron chi connectivity index (χ1n) is 9.25. The van der Waals surface area contributed by atoms with Gasteiger partial charge in [-0.1, -0.05) is 23.2 Å². The van der Waals surface area contributed by atoms with Gasteiger partial charge in [-0.25, -0.2) is 8.78 Å². The molecule has 0 unspecified atom stereocenters. The summed E-state index contributed by atoms with van der Waals surface area (Å²) < 4.78 is 39.5. The lowest BCUT2D eigenvalue weighted by Crippen LogP contribution is -2.48. The number of carbonyl (C=O) groups excluding carboxylic acids is 1. The van der Waals surface area contributed by atoms with Crippen LogP contribution >= 0.6 is 23.2 Å². The molecule has 0 bridgehead atoms. The summed E-state index contributed by atoms with van der Waals surface area (Å²) in [4.78, 5) is 13.1. The van der Waals surface area contributed by atoms with Crippen molar-refractivity contribution in [3.8, 4) is 11.5 Å². The van der Waals surface area contributed by atoms with E-state index < -0.39 is 17.2 Å². The lowest BCUT2D eigenvalue weighted by Gasteiger charge is -2.39. The number of nitrogens with zero attached hydrogens (tertiary/aromatic N) is 1. The molecule has 0 saturated carbocycles. The molecule has 10 heteroatoms. The van der Waals surface area contributed by atoms with Gasteiger partial charge in [-0.3, -0.25) is 4.79 Å². The van der Waals surface area contributed by atoms with Crippen molar-refractivity contribution in [2.24, 2.45) is 0 Å². The number of rotatable bonds is 4. The molecule has 2 aliphatic heterocycles. The molecule has 2 aromatic rings. The van der Waals surface area contributed by atoms with Gasteiger partial charge in [0.2, 0.25) is 0 Å². The number of anilines is 2. The van der Waals surface area contributed by atoms with Gasteiger partial charge in [-0.15, -0.1) is 0 Å². The van der Waals surface area contributed by atoms with Gasteiger partial charge < -0.3 is 24.8 Å². The van der Waals surface area contributed by atoms with Crippen LogP contribution in [-0.4, -0.2) is 42.9 Å². The van der Waals surface area contributed by atoms with Crippen molar-refractivity contribution in [3.05, 3.63) is 45.9 Å². The van der Waals surface area contributed by atoms with Crippen LogP contribution in [0.15, 0.2) is 24.3 Å². The number of ether oxygens (including phenoxy) is 2. The molecule has 1 fully saturated rings. The van der Waals surface area contributed by atoms with Crippen LogP contribution in [0.4, 0.5) is 20.2 Å². The molecule has 0 atom stereocenters. The summed E-state index contributed by atoms with van der Waals surface area (Å²) in [5.74, 6) is -1.18. The minimum atomic E-state index is -1.19. The fourth-order valence-electron chi connectivity index (χ4n) is 3.57. The average Bonchev–Trinajstić information content (AvgIpc) is 2.69. The summed E-state index contributed by atoms with van der Waals surface area (Å²) in [6, 6.07) is 5.28. The summed E-state index contributed by atoms with van der Waals surface area (Å²) in [6.07, 6.45) is 0.476. The van der Waals surface area contributed by atoms with Gasteiger partial charge in [0.05, 0.1) is 5.02 Å². The van der Waals surface area contributed by atoms with Crippen LogP contribution in [0.1, 0.15) is 12.8 Å². The first-order chi connectivity index (χ1) is 14.3. The van der Waals surface area contributed by atoms with E-state index in [4.69, 9.17) is 32.7 Å². The molecule has 2 heterocycles. The number of piperidine rings is 1. The predicted molar refractivity (Wildman–Crippen MR) is 109 cm³/mol. The van der Waals surface area contributed by atoms with Crippen molar-refractivity contribution in [3.63, 3.8) is 0 Å². The first-order valence-corrected chi connectivity index (χ1v) is 10.0. The van der Waals surface area contributed by atoms with Gasteiger partial charge in [0.1, 0.15) is 23.6 Å². The Morgan fingerprint density at radius 3 is 2.53 bits per heavy atom. The van der Waals surface area contributed by atoms with Gasteiger partial charge in [0, 0.05) is 18.1 Å². The highest BCUT2D eigenvalue weighted by Crippen LogP contribution is 2.43. The highest BCUT2D eigenvalue weighted by molar-refractivity contribution is 6.34. The zero-order valence-corrected chi connectivity index (χ0v) is 17.2. The van der Waals surface area contributed by atoms with Crippen molar-refractivity contribution < 1.29 is 28.2 Å². The van der Waals surface area contributed by atoms with E-state index in [1.165, 1.54) is 4.90 Å². The number of carbonyl (C=O) groups is 1. The zero-order chi connectivity index (χ0) is 21.5. The second kappa shape index (κ2) is 8.09. The molecule has 1 amide bonds. The number of fused-ring (bicyclic) bond motifs is 1. The van der Waals surface area contributed by atoms with Crippen molar-refractivity contribution in [2.75, 3.05) is 36.5 Å². The number of benzene rings is 2. The molecule has 0 radical (unpaired) electrons. The maximum Gasteiger partial charge on any atom is 0.262 e. The minimum absolute atomic E-state index is 0.0135. The van der Waals surface area contributed by atoms with Crippen molar-refractivity contribution >= 4 is 40.5 Å². The van der Waals surface area contributed by atoms with Crippen LogP contribution in [0.5, 0.6) is 11.5 Å². The normalized spacial score (nSPS) is 17.8. The SMILES string of the molecule is O=C1COc2c(OCC3(O)CCN(c4c(F)cc(Cl)cc4F)CC3)ccc(Cl)c2N1. The lowest BCUT2D eigenvalue weighted by molar-refractivity contribution is -0.118. The molecule has 6 nitrogen and oxygen atoms in total. The molecule has 2 aromatic carbocycles. The van der Waals surface area contributed by atoms with E-state index in [2.05, 4.69) is 5.32 Å². The summed E-state index contributed by atoms with van der Waals surface area (Å²) >= 11 is 11.8. The Balaban J connectivity index is 1.43.